The van der Waals surface area contributed by atoms with E-state index >= 15 is 0 Å². The Kier molecular flexibility index (Phi) is 47.3. The van der Waals surface area contributed by atoms with Crippen LogP contribution < -0.4 is 5.32 Å². The van der Waals surface area contributed by atoms with E-state index in [9.17, 15) is 15.0 Å². The smallest absolute Gasteiger partial charge is 0.220 e. The average Bonchev–Trinajstić information content (AvgIpc) is 3.20. The van der Waals surface area contributed by atoms with Gasteiger partial charge in [0, 0.05) is 6.42 Å². The molecule has 0 aliphatic heterocycles. The van der Waals surface area contributed by atoms with Crippen LogP contribution in [-0.2, 0) is 4.79 Å². The highest BCUT2D eigenvalue weighted by Crippen LogP contribution is 2.17. The van der Waals surface area contributed by atoms with Crippen LogP contribution >= 0.6 is 0 Å². The minimum absolute atomic E-state index is 0.0302. The molecule has 0 saturated heterocycles. The van der Waals surface area contributed by atoms with Gasteiger partial charge in [0.1, 0.15) is 0 Å². The molecule has 0 saturated carbocycles. The first-order chi connectivity index (χ1) is 27.7. The molecule has 332 valence electrons. The molecule has 0 aromatic heterocycles. The molecule has 4 nitrogen and oxygen atoms in total. The molecule has 0 aliphatic rings. The number of amides is 1. The van der Waals surface area contributed by atoms with Crippen LogP contribution in [0, 0.1) is 0 Å². The molecular weight excluding hydrogens is 687 g/mol. The first kappa shape index (κ1) is 54.9. The number of hydrogen-bond donors (Lipinski definition) is 3. The van der Waals surface area contributed by atoms with Crippen LogP contribution in [0.3, 0.4) is 0 Å². The molecule has 0 radical (unpaired) electrons. The van der Waals surface area contributed by atoms with Gasteiger partial charge in [-0.25, -0.2) is 0 Å². The van der Waals surface area contributed by atoms with E-state index in [1.54, 1.807) is 0 Å². The highest BCUT2D eigenvalue weighted by atomic mass is 16.3. The van der Waals surface area contributed by atoms with Crippen molar-refractivity contribution in [3.05, 3.63) is 24.3 Å². The topological polar surface area (TPSA) is 69.6 Å². The maximum absolute atomic E-state index is 12.5. The lowest BCUT2D eigenvalue weighted by molar-refractivity contribution is -0.123. The van der Waals surface area contributed by atoms with Crippen molar-refractivity contribution in [3.8, 4) is 0 Å². The molecule has 4 heteroatoms. The van der Waals surface area contributed by atoms with Gasteiger partial charge in [-0.15, -0.1) is 0 Å². The number of nitrogens with one attached hydrogen (secondary N) is 1. The normalized spacial score (nSPS) is 13.0. The zero-order chi connectivity index (χ0) is 40.7. The molecule has 0 aromatic rings. The summed E-state index contributed by atoms with van der Waals surface area (Å²) in [5.74, 6) is -0.0302. The maximum Gasteiger partial charge on any atom is 0.220 e. The maximum atomic E-state index is 12.5. The number of carbonyl (C=O) groups is 1. The fourth-order valence-electron chi connectivity index (χ4n) is 8.04. The molecule has 0 spiro atoms. The van der Waals surface area contributed by atoms with Crippen LogP contribution in [-0.4, -0.2) is 34.9 Å². The second-order valence-electron chi connectivity index (χ2n) is 17.6. The van der Waals surface area contributed by atoms with Gasteiger partial charge < -0.3 is 15.5 Å². The average molecular weight is 788 g/mol. The Morgan fingerprint density at radius 1 is 0.429 bits per heavy atom. The molecular formula is C52H101NO3. The van der Waals surface area contributed by atoms with Crippen molar-refractivity contribution < 1.29 is 15.0 Å². The van der Waals surface area contributed by atoms with E-state index < -0.39 is 12.1 Å². The standard InChI is InChI=1S/C52H101NO3/c1-3-5-7-9-11-13-15-17-19-21-22-23-24-25-26-27-28-29-30-32-34-36-38-40-42-44-46-48-52(56)53-50(49-54)51(55)47-45-43-41-39-37-35-33-31-20-18-16-14-12-10-8-6-4-2/h22-23,25-26,50-51,54-55H,3-21,24,27-49H2,1-2H3,(H,53,56)/b23-22-,26-25-. The summed E-state index contributed by atoms with van der Waals surface area (Å²) < 4.78 is 0. The third kappa shape index (κ3) is 44.0. The van der Waals surface area contributed by atoms with Crippen LogP contribution in [0.25, 0.3) is 0 Å². The molecule has 1 amide bonds. The van der Waals surface area contributed by atoms with E-state index in [0.717, 1.165) is 32.1 Å². The Morgan fingerprint density at radius 2 is 0.732 bits per heavy atom. The van der Waals surface area contributed by atoms with Gasteiger partial charge in [-0.2, -0.15) is 0 Å². The molecule has 56 heavy (non-hydrogen) atoms. The summed E-state index contributed by atoms with van der Waals surface area (Å²) >= 11 is 0. The number of aliphatic hydroxyl groups excluding tert-OH is 2. The number of aliphatic hydroxyl groups is 2. The van der Waals surface area contributed by atoms with Crippen LogP contribution in [0.5, 0.6) is 0 Å². The zero-order valence-corrected chi connectivity index (χ0v) is 38.2. The molecule has 2 atom stereocenters. The first-order valence-corrected chi connectivity index (χ1v) is 25.5. The van der Waals surface area contributed by atoms with Crippen molar-refractivity contribution in [1.82, 2.24) is 5.32 Å². The molecule has 0 rings (SSSR count). The van der Waals surface area contributed by atoms with Crippen molar-refractivity contribution in [2.24, 2.45) is 0 Å². The fraction of sp³-hybridized carbons (Fsp3) is 0.904. The van der Waals surface area contributed by atoms with Crippen molar-refractivity contribution >= 4 is 5.91 Å². The van der Waals surface area contributed by atoms with Crippen molar-refractivity contribution in [3.63, 3.8) is 0 Å². The summed E-state index contributed by atoms with van der Waals surface area (Å²) in [5, 5.41) is 23.3. The van der Waals surface area contributed by atoms with Gasteiger partial charge in [-0.3, -0.25) is 4.79 Å². The van der Waals surface area contributed by atoms with Gasteiger partial charge >= 0.3 is 0 Å². The lowest BCUT2D eigenvalue weighted by Crippen LogP contribution is -2.45. The Hall–Kier alpha value is -1.13. The molecule has 2 unspecified atom stereocenters. The summed E-state index contributed by atoms with van der Waals surface area (Å²) in [7, 11) is 0. The largest absolute Gasteiger partial charge is 0.394 e. The lowest BCUT2D eigenvalue weighted by atomic mass is 10.0. The van der Waals surface area contributed by atoms with Gasteiger partial charge in [-0.1, -0.05) is 256 Å². The van der Waals surface area contributed by atoms with Gasteiger partial charge in [0.25, 0.3) is 0 Å². The van der Waals surface area contributed by atoms with Gasteiger partial charge in [-0.05, 0) is 44.9 Å². The van der Waals surface area contributed by atoms with Crippen LogP contribution in [0.15, 0.2) is 24.3 Å². The van der Waals surface area contributed by atoms with Gasteiger partial charge in [0.2, 0.25) is 5.91 Å². The molecule has 0 aromatic carbocycles. The highest BCUT2D eigenvalue weighted by molar-refractivity contribution is 5.76. The summed E-state index contributed by atoms with van der Waals surface area (Å²) in [4.78, 5) is 12.5. The van der Waals surface area contributed by atoms with Crippen molar-refractivity contribution in [2.75, 3.05) is 6.61 Å². The second-order valence-corrected chi connectivity index (χ2v) is 17.6. The summed E-state index contributed by atoms with van der Waals surface area (Å²) in [6.07, 6.45) is 62.8. The van der Waals surface area contributed by atoms with E-state index in [0.29, 0.717) is 12.8 Å². The lowest BCUT2D eigenvalue weighted by Gasteiger charge is -2.22. The summed E-state index contributed by atoms with van der Waals surface area (Å²) in [6, 6.07) is -0.536. The number of unbranched alkanes of at least 4 members (excludes halogenated alkanes) is 36. The first-order valence-electron chi connectivity index (χ1n) is 25.5. The Bertz CT molecular complexity index is 810. The van der Waals surface area contributed by atoms with E-state index in [4.69, 9.17) is 0 Å². The number of rotatable bonds is 47. The predicted molar refractivity (Wildman–Crippen MR) is 249 cm³/mol. The number of hydrogen-bond acceptors (Lipinski definition) is 3. The zero-order valence-electron chi connectivity index (χ0n) is 38.2. The third-order valence-electron chi connectivity index (χ3n) is 12.0. The molecule has 0 heterocycles. The van der Waals surface area contributed by atoms with E-state index in [1.807, 2.05) is 0 Å². The highest BCUT2D eigenvalue weighted by Gasteiger charge is 2.20. The summed E-state index contributed by atoms with van der Waals surface area (Å²) in [6.45, 7) is 4.38. The minimum Gasteiger partial charge on any atom is -0.394 e. The molecule has 3 N–H and O–H groups in total. The Balaban J connectivity index is 3.47. The quantitative estimate of drug-likeness (QED) is 0.0425. The SMILES string of the molecule is CCCCCCCCCCC/C=C\C/C=C\CCCCCCCCCCCCCC(=O)NC(CO)C(O)CCCCCCCCCCCCCCCCCCC. The predicted octanol–water partition coefficient (Wildman–Crippen LogP) is 16.4. The van der Waals surface area contributed by atoms with Crippen LogP contribution in [0.4, 0.5) is 0 Å². The Morgan fingerprint density at radius 3 is 1.07 bits per heavy atom. The van der Waals surface area contributed by atoms with E-state index in [-0.39, 0.29) is 12.5 Å². The fourth-order valence-corrected chi connectivity index (χ4v) is 8.04. The van der Waals surface area contributed by atoms with Gasteiger partial charge in [0.05, 0.1) is 18.8 Å². The molecule has 0 fully saturated rings. The van der Waals surface area contributed by atoms with Crippen molar-refractivity contribution in [1.29, 1.82) is 0 Å². The molecule has 0 aliphatic carbocycles. The minimum atomic E-state index is -0.659. The van der Waals surface area contributed by atoms with Crippen LogP contribution in [0.1, 0.15) is 284 Å². The second kappa shape index (κ2) is 48.2. The van der Waals surface area contributed by atoms with E-state index in [1.165, 1.54) is 225 Å². The third-order valence-corrected chi connectivity index (χ3v) is 12.0. The molecule has 0 bridgehead atoms. The Labute approximate surface area is 351 Å². The van der Waals surface area contributed by atoms with Crippen molar-refractivity contribution in [2.45, 2.75) is 296 Å². The summed E-state index contributed by atoms with van der Waals surface area (Å²) in [5.41, 5.74) is 0. The van der Waals surface area contributed by atoms with Crippen LogP contribution in [0.2, 0.25) is 0 Å². The van der Waals surface area contributed by atoms with Gasteiger partial charge in [0.15, 0.2) is 0 Å². The monoisotopic (exact) mass is 788 g/mol. The number of allylic oxidation sites excluding steroid dienone is 4. The van der Waals surface area contributed by atoms with E-state index in [2.05, 4.69) is 43.5 Å². The number of carbonyl (C=O) groups excluding carboxylic acids is 1.